The Hall–Kier alpha value is -1.05. The van der Waals surface area contributed by atoms with Gasteiger partial charge in [0, 0.05) is 6.42 Å². The fourth-order valence-electron chi connectivity index (χ4n) is 1.82. The van der Waals surface area contributed by atoms with Gasteiger partial charge in [0.05, 0.1) is 6.42 Å². The zero-order valence-corrected chi connectivity index (χ0v) is 9.55. The van der Waals surface area contributed by atoms with E-state index in [2.05, 4.69) is 13.5 Å². The third-order valence-corrected chi connectivity index (χ3v) is 2.64. The number of cyclic esters (lactones) is 1. The summed E-state index contributed by atoms with van der Waals surface area (Å²) in [5, 5.41) is 0. The summed E-state index contributed by atoms with van der Waals surface area (Å²) in [6.45, 7) is 5.88. The number of carbonyl (C=O) groups is 1. The Morgan fingerprint density at radius 1 is 1.40 bits per heavy atom. The molecule has 1 aliphatic heterocycles. The molecule has 0 bridgehead atoms. The average molecular weight is 208 g/mol. The van der Waals surface area contributed by atoms with E-state index in [4.69, 9.17) is 4.74 Å². The van der Waals surface area contributed by atoms with Crippen molar-refractivity contribution in [1.82, 2.24) is 0 Å². The molecule has 1 aliphatic rings. The van der Waals surface area contributed by atoms with E-state index >= 15 is 0 Å². The normalized spacial score (nSPS) is 15.7. The van der Waals surface area contributed by atoms with Gasteiger partial charge in [0.2, 0.25) is 0 Å². The molecule has 0 saturated carbocycles. The highest BCUT2D eigenvalue weighted by Crippen LogP contribution is 2.27. The van der Waals surface area contributed by atoms with Gasteiger partial charge in [-0.05, 0) is 18.4 Å². The Balaban J connectivity index is 2.38. The summed E-state index contributed by atoms with van der Waals surface area (Å²) < 4.78 is 5.20. The fraction of sp³-hybridized carbons (Fsp3) is 0.615. The van der Waals surface area contributed by atoms with E-state index in [1.165, 1.54) is 19.3 Å². The minimum Gasteiger partial charge on any atom is -0.431 e. The van der Waals surface area contributed by atoms with Crippen molar-refractivity contribution < 1.29 is 9.53 Å². The summed E-state index contributed by atoms with van der Waals surface area (Å²) in [5.41, 5.74) is 1.13. The molecule has 0 fully saturated rings. The summed E-state index contributed by atoms with van der Waals surface area (Å²) in [4.78, 5) is 11.1. The number of allylic oxidation sites excluding steroid dienone is 2. The number of carbonyl (C=O) groups excluding carboxylic acids is 1. The first kappa shape index (κ1) is 12.0. The van der Waals surface area contributed by atoms with Gasteiger partial charge in [-0.3, -0.25) is 4.79 Å². The summed E-state index contributed by atoms with van der Waals surface area (Å²) in [5.74, 6) is 0.813. The van der Waals surface area contributed by atoms with Gasteiger partial charge in [0.15, 0.2) is 0 Å². The van der Waals surface area contributed by atoms with E-state index in [1.807, 2.05) is 6.08 Å². The minimum absolute atomic E-state index is 0.0997. The van der Waals surface area contributed by atoms with E-state index < -0.39 is 0 Å². The molecule has 0 saturated heterocycles. The molecule has 0 unspecified atom stereocenters. The molecular weight excluding hydrogens is 188 g/mol. The van der Waals surface area contributed by atoms with Crippen LogP contribution in [0, 0.1) is 0 Å². The van der Waals surface area contributed by atoms with E-state index in [0.29, 0.717) is 6.42 Å². The van der Waals surface area contributed by atoms with E-state index in [0.717, 1.165) is 30.6 Å². The van der Waals surface area contributed by atoms with Gasteiger partial charge in [-0.2, -0.15) is 0 Å². The van der Waals surface area contributed by atoms with Gasteiger partial charge in [0.1, 0.15) is 5.76 Å². The van der Waals surface area contributed by atoms with E-state index in [9.17, 15) is 4.79 Å². The largest absolute Gasteiger partial charge is 0.431 e. The second-order valence-corrected chi connectivity index (χ2v) is 3.98. The molecule has 15 heavy (non-hydrogen) atoms. The molecule has 2 heteroatoms. The monoisotopic (exact) mass is 208 g/mol. The smallest absolute Gasteiger partial charge is 0.315 e. The molecule has 0 atom stereocenters. The molecule has 0 spiro atoms. The predicted molar refractivity (Wildman–Crippen MR) is 61.3 cm³/mol. The van der Waals surface area contributed by atoms with Crippen molar-refractivity contribution in [2.75, 3.05) is 0 Å². The van der Waals surface area contributed by atoms with Crippen molar-refractivity contribution in [3.63, 3.8) is 0 Å². The van der Waals surface area contributed by atoms with Crippen LogP contribution in [0.3, 0.4) is 0 Å². The van der Waals surface area contributed by atoms with Crippen molar-refractivity contribution in [2.24, 2.45) is 0 Å². The topological polar surface area (TPSA) is 26.3 Å². The van der Waals surface area contributed by atoms with Gasteiger partial charge in [0.25, 0.3) is 0 Å². The average Bonchev–Trinajstić information content (AvgIpc) is 2.55. The van der Waals surface area contributed by atoms with Gasteiger partial charge >= 0.3 is 5.97 Å². The molecule has 0 aromatic rings. The zero-order valence-electron chi connectivity index (χ0n) is 9.55. The van der Waals surface area contributed by atoms with Gasteiger partial charge in [-0.15, -0.1) is 6.58 Å². The molecule has 0 aromatic carbocycles. The zero-order chi connectivity index (χ0) is 11.1. The molecule has 0 amide bonds. The molecule has 2 nitrogen and oxygen atoms in total. The molecule has 0 N–H and O–H groups in total. The standard InChI is InChI=1S/C13H20O2/c1-3-5-6-7-9-12-11(8-4-2)10-13(14)15-12/h4H,2-3,5-10H2,1H3. The number of ether oxygens (including phenoxy) is 1. The van der Waals surface area contributed by atoms with Crippen LogP contribution in [0.5, 0.6) is 0 Å². The SMILES string of the molecule is C=CCC1=C(CCCCCC)OC(=O)C1. The quantitative estimate of drug-likeness (QED) is 0.362. The lowest BCUT2D eigenvalue weighted by Gasteiger charge is -2.03. The predicted octanol–water partition coefficient (Wildman–Crippen LogP) is 3.73. The highest BCUT2D eigenvalue weighted by molar-refractivity contribution is 5.77. The summed E-state index contributed by atoms with van der Waals surface area (Å²) in [6.07, 6.45) is 8.84. The van der Waals surface area contributed by atoms with Crippen LogP contribution in [0.15, 0.2) is 24.0 Å². The maximum Gasteiger partial charge on any atom is 0.315 e. The Bertz CT molecular complexity index is 264. The first-order valence-corrected chi connectivity index (χ1v) is 5.80. The second-order valence-electron chi connectivity index (χ2n) is 3.98. The van der Waals surface area contributed by atoms with Crippen LogP contribution >= 0.6 is 0 Å². The molecule has 84 valence electrons. The second kappa shape index (κ2) is 6.44. The molecule has 1 rings (SSSR count). The Morgan fingerprint density at radius 3 is 2.87 bits per heavy atom. The maximum absolute atomic E-state index is 11.1. The van der Waals surface area contributed by atoms with Crippen LogP contribution in [0.25, 0.3) is 0 Å². The molecule has 0 aliphatic carbocycles. The Kier molecular flexibility index (Phi) is 5.16. The van der Waals surface area contributed by atoms with Gasteiger partial charge in [-0.1, -0.05) is 32.3 Å². The number of esters is 1. The number of unbranched alkanes of at least 4 members (excludes halogenated alkanes) is 3. The lowest BCUT2D eigenvalue weighted by Crippen LogP contribution is -1.93. The number of rotatable bonds is 7. The lowest BCUT2D eigenvalue weighted by atomic mass is 10.1. The minimum atomic E-state index is -0.0997. The van der Waals surface area contributed by atoms with Crippen LogP contribution in [-0.4, -0.2) is 5.97 Å². The number of hydrogen-bond donors (Lipinski definition) is 0. The Labute approximate surface area is 92.0 Å². The van der Waals surface area contributed by atoms with Crippen LogP contribution in [0.4, 0.5) is 0 Å². The number of hydrogen-bond acceptors (Lipinski definition) is 2. The van der Waals surface area contributed by atoms with Crippen LogP contribution in [0.2, 0.25) is 0 Å². The van der Waals surface area contributed by atoms with Crippen molar-refractivity contribution in [2.45, 2.75) is 51.9 Å². The van der Waals surface area contributed by atoms with Crippen LogP contribution in [0.1, 0.15) is 51.9 Å². The summed E-state index contributed by atoms with van der Waals surface area (Å²) in [7, 11) is 0. The maximum atomic E-state index is 11.1. The molecule has 0 radical (unpaired) electrons. The fourth-order valence-corrected chi connectivity index (χ4v) is 1.82. The molecule has 1 heterocycles. The summed E-state index contributed by atoms with van der Waals surface area (Å²) in [6, 6.07) is 0. The third-order valence-electron chi connectivity index (χ3n) is 2.64. The van der Waals surface area contributed by atoms with E-state index in [1.54, 1.807) is 0 Å². The van der Waals surface area contributed by atoms with E-state index in [-0.39, 0.29) is 5.97 Å². The van der Waals surface area contributed by atoms with Crippen molar-refractivity contribution in [1.29, 1.82) is 0 Å². The molecular formula is C13H20O2. The van der Waals surface area contributed by atoms with Crippen LogP contribution in [-0.2, 0) is 9.53 Å². The van der Waals surface area contributed by atoms with Gasteiger partial charge in [-0.25, -0.2) is 0 Å². The van der Waals surface area contributed by atoms with Crippen molar-refractivity contribution in [3.05, 3.63) is 24.0 Å². The summed E-state index contributed by atoms with van der Waals surface area (Å²) >= 11 is 0. The third kappa shape index (κ3) is 3.90. The lowest BCUT2D eigenvalue weighted by molar-refractivity contribution is -0.136. The first-order chi connectivity index (χ1) is 7.27. The van der Waals surface area contributed by atoms with Crippen LogP contribution < -0.4 is 0 Å². The Morgan fingerprint density at radius 2 is 2.20 bits per heavy atom. The highest BCUT2D eigenvalue weighted by Gasteiger charge is 2.21. The van der Waals surface area contributed by atoms with Crippen molar-refractivity contribution >= 4 is 5.97 Å². The first-order valence-electron chi connectivity index (χ1n) is 5.80. The van der Waals surface area contributed by atoms with Crippen molar-refractivity contribution in [3.8, 4) is 0 Å². The highest BCUT2D eigenvalue weighted by atomic mass is 16.5. The molecule has 0 aromatic heterocycles. The van der Waals surface area contributed by atoms with Gasteiger partial charge < -0.3 is 4.74 Å².